The molecule has 1 atom stereocenters. The number of anilines is 2. The van der Waals surface area contributed by atoms with Gasteiger partial charge in [-0.05, 0) is 55.3 Å². The zero-order valence-corrected chi connectivity index (χ0v) is 20.2. The van der Waals surface area contributed by atoms with E-state index in [9.17, 15) is 35.9 Å². The van der Waals surface area contributed by atoms with E-state index in [2.05, 4.69) is 15.2 Å². The first kappa shape index (κ1) is 27.0. The number of halogens is 6. The number of amides is 1. The molecule has 38 heavy (non-hydrogen) atoms. The van der Waals surface area contributed by atoms with Crippen molar-refractivity contribution < 1.29 is 40.7 Å². The van der Waals surface area contributed by atoms with Gasteiger partial charge in [-0.2, -0.15) is 31.4 Å². The molecule has 2 heterocycles. The van der Waals surface area contributed by atoms with Gasteiger partial charge in [0.1, 0.15) is 11.4 Å². The zero-order chi connectivity index (χ0) is 27.8. The molecule has 1 aliphatic heterocycles. The summed E-state index contributed by atoms with van der Waals surface area (Å²) in [4.78, 5) is 26.3. The van der Waals surface area contributed by atoms with E-state index in [1.165, 1.54) is 36.3 Å². The SMILES string of the molecule is COC(=O)c1ccc([C@H](C)NC(=O)c2c(C(F)(F)F)nn3c2N(c2ccc(C(F)(F)F)cc2)CCC3)cc1. The number of carbonyl (C=O) groups is 2. The molecule has 0 bridgehead atoms. The number of fused-ring (bicyclic) bond motifs is 1. The number of hydrogen-bond acceptors (Lipinski definition) is 5. The van der Waals surface area contributed by atoms with E-state index in [0.29, 0.717) is 12.0 Å². The van der Waals surface area contributed by atoms with E-state index in [1.807, 2.05) is 0 Å². The minimum atomic E-state index is -4.96. The highest BCUT2D eigenvalue weighted by Gasteiger charge is 2.44. The molecule has 1 aromatic heterocycles. The molecule has 2 aromatic carbocycles. The number of benzene rings is 2. The van der Waals surface area contributed by atoms with E-state index in [1.54, 1.807) is 6.92 Å². The molecule has 1 aliphatic rings. The number of carbonyl (C=O) groups excluding carboxylic acids is 2. The number of ether oxygens (including phenoxy) is 1. The van der Waals surface area contributed by atoms with Crippen molar-refractivity contribution >= 4 is 23.4 Å². The summed E-state index contributed by atoms with van der Waals surface area (Å²) >= 11 is 0. The molecule has 13 heteroatoms. The summed E-state index contributed by atoms with van der Waals surface area (Å²) in [7, 11) is 1.22. The summed E-state index contributed by atoms with van der Waals surface area (Å²) < 4.78 is 86.7. The zero-order valence-electron chi connectivity index (χ0n) is 20.2. The van der Waals surface area contributed by atoms with Crippen LogP contribution in [-0.2, 0) is 23.6 Å². The summed E-state index contributed by atoms with van der Waals surface area (Å²) in [6.07, 6.45) is -9.19. The van der Waals surface area contributed by atoms with Crippen molar-refractivity contribution in [1.82, 2.24) is 15.1 Å². The number of methoxy groups -OCH3 is 1. The Hall–Kier alpha value is -4.03. The summed E-state index contributed by atoms with van der Waals surface area (Å²) in [5, 5.41) is 6.19. The number of rotatable bonds is 5. The van der Waals surface area contributed by atoms with Crippen molar-refractivity contribution in [2.75, 3.05) is 18.6 Å². The molecular weight excluding hydrogens is 518 g/mol. The Morgan fingerprint density at radius 3 is 2.13 bits per heavy atom. The summed E-state index contributed by atoms with van der Waals surface area (Å²) in [5.74, 6) is -1.78. The van der Waals surface area contributed by atoms with Gasteiger partial charge in [0.2, 0.25) is 0 Å². The minimum Gasteiger partial charge on any atom is -0.465 e. The molecule has 0 unspecified atom stereocenters. The average Bonchev–Trinajstić information content (AvgIpc) is 3.29. The first-order chi connectivity index (χ1) is 17.8. The third-order valence-corrected chi connectivity index (χ3v) is 6.11. The molecule has 1 amide bonds. The summed E-state index contributed by atoms with van der Waals surface area (Å²) in [6, 6.07) is 9.17. The Balaban J connectivity index is 1.70. The first-order valence-corrected chi connectivity index (χ1v) is 11.4. The Kier molecular flexibility index (Phi) is 7.13. The first-order valence-electron chi connectivity index (χ1n) is 11.4. The van der Waals surface area contributed by atoms with Gasteiger partial charge >= 0.3 is 18.3 Å². The van der Waals surface area contributed by atoms with Gasteiger partial charge in [0.15, 0.2) is 5.69 Å². The fourth-order valence-electron chi connectivity index (χ4n) is 4.23. The van der Waals surface area contributed by atoms with Crippen molar-refractivity contribution in [3.05, 3.63) is 76.5 Å². The topological polar surface area (TPSA) is 76.5 Å². The molecule has 0 spiro atoms. The van der Waals surface area contributed by atoms with Gasteiger partial charge in [0.05, 0.1) is 24.3 Å². The van der Waals surface area contributed by atoms with Crippen molar-refractivity contribution in [3.8, 4) is 0 Å². The number of nitrogens with one attached hydrogen (secondary N) is 1. The number of aryl methyl sites for hydroxylation is 1. The molecule has 4 rings (SSSR count). The van der Waals surface area contributed by atoms with Crippen LogP contribution >= 0.6 is 0 Å². The molecule has 7 nitrogen and oxygen atoms in total. The van der Waals surface area contributed by atoms with Gasteiger partial charge in [-0.1, -0.05) is 12.1 Å². The number of hydrogen-bond donors (Lipinski definition) is 1. The van der Waals surface area contributed by atoms with E-state index < -0.39 is 47.1 Å². The van der Waals surface area contributed by atoms with Crippen LogP contribution in [0.3, 0.4) is 0 Å². The molecule has 202 valence electrons. The second-order valence-corrected chi connectivity index (χ2v) is 8.63. The molecule has 0 saturated carbocycles. The van der Waals surface area contributed by atoms with Crippen LogP contribution < -0.4 is 10.2 Å². The van der Waals surface area contributed by atoms with Crippen LogP contribution in [0.1, 0.15) is 56.9 Å². The van der Waals surface area contributed by atoms with Crippen LogP contribution in [0.2, 0.25) is 0 Å². The second kappa shape index (κ2) is 10.0. The number of esters is 1. The lowest BCUT2D eigenvalue weighted by Gasteiger charge is -2.31. The minimum absolute atomic E-state index is 0.0906. The highest BCUT2D eigenvalue weighted by atomic mass is 19.4. The van der Waals surface area contributed by atoms with Crippen molar-refractivity contribution in [2.24, 2.45) is 0 Å². The van der Waals surface area contributed by atoms with Gasteiger partial charge in [0.25, 0.3) is 5.91 Å². The van der Waals surface area contributed by atoms with Crippen LogP contribution in [0.5, 0.6) is 0 Å². The summed E-state index contributed by atoms with van der Waals surface area (Å²) in [6.45, 7) is 1.81. The van der Waals surface area contributed by atoms with Crippen LogP contribution in [-0.4, -0.2) is 35.3 Å². The van der Waals surface area contributed by atoms with Crippen molar-refractivity contribution in [3.63, 3.8) is 0 Å². The van der Waals surface area contributed by atoms with Crippen LogP contribution in [0.15, 0.2) is 48.5 Å². The standard InChI is InChI=1S/C25H22F6N4O3/c1-14(15-4-6-16(7-5-15)23(37)38-2)32-21(36)19-20(25(29,30)31)33-35-13-3-12-34(22(19)35)18-10-8-17(9-11-18)24(26,27)28/h4-11,14H,3,12-13H2,1-2H3,(H,32,36)/t14-/m0/s1. The van der Waals surface area contributed by atoms with Crippen LogP contribution in [0.25, 0.3) is 0 Å². The number of alkyl halides is 6. The Morgan fingerprint density at radius 1 is 0.947 bits per heavy atom. The van der Waals surface area contributed by atoms with E-state index in [4.69, 9.17) is 0 Å². The third-order valence-electron chi connectivity index (χ3n) is 6.11. The van der Waals surface area contributed by atoms with E-state index in [-0.39, 0.29) is 30.2 Å². The van der Waals surface area contributed by atoms with Gasteiger partial charge in [-0.25, -0.2) is 9.48 Å². The van der Waals surface area contributed by atoms with E-state index in [0.717, 1.165) is 28.9 Å². The van der Waals surface area contributed by atoms with Gasteiger partial charge in [-0.3, -0.25) is 4.79 Å². The average molecular weight is 540 g/mol. The summed E-state index contributed by atoms with van der Waals surface area (Å²) in [5.41, 5.74) is -2.07. The highest BCUT2D eigenvalue weighted by molar-refractivity contribution is 6.01. The molecule has 1 N–H and O–H groups in total. The lowest BCUT2D eigenvalue weighted by molar-refractivity contribution is -0.142. The van der Waals surface area contributed by atoms with Gasteiger partial charge in [-0.15, -0.1) is 0 Å². The fourth-order valence-corrected chi connectivity index (χ4v) is 4.23. The monoisotopic (exact) mass is 540 g/mol. The Labute approximate surface area is 213 Å². The maximum Gasteiger partial charge on any atom is 0.436 e. The number of nitrogens with zero attached hydrogens (tertiary/aromatic N) is 3. The van der Waals surface area contributed by atoms with Crippen molar-refractivity contribution in [1.29, 1.82) is 0 Å². The molecule has 3 aromatic rings. The maximum absolute atomic E-state index is 14.0. The molecule has 0 radical (unpaired) electrons. The van der Waals surface area contributed by atoms with Crippen LogP contribution in [0.4, 0.5) is 37.8 Å². The predicted octanol–water partition coefficient (Wildman–Crippen LogP) is 5.74. The Morgan fingerprint density at radius 2 is 1.58 bits per heavy atom. The lowest BCUT2D eigenvalue weighted by Crippen LogP contribution is -2.33. The molecule has 0 saturated heterocycles. The largest absolute Gasteiger partial charge is 0.465 e. The quantitative estimate of drug-likeness (QED) is 0.330. The third kappa shape index (κ3) is 5.31. The maximum atomic E-state index is 14.0. The smallest absolute Gasteiger partial charge is 0.436 e. The lowest BCUT2D eigenvalue weighted by atomic mass is 10.0. The highest BCUT2D eigenvalue weighted by Crippen LogP contribution is 2.41. The van der Waals surface area contributed by atoms with Gasteiger partial charge in [0, 0.05) is 18.8 Å². The van der Waals surface area contributed by atoms with Crippen molar-refractivity contribution in [2.45, 2.75) is 38.3 Å². The molecule has 0 aliphatic carbocycles. The van der Waals surface area contributed by atoms with Gasteiger partial charge < -0.3 is 15.0 Å². The second-order valence-electron chi connectivity index (χ2n) is 8.63. The molecule has 0 fully saturated rings. The Bertz CT molecular complexity index is 1330. The number of aromatic nitrogens is 2. The van der Waals surface area contributed by atoms with E-state index >= 15 is 0 Å². The normalized spacial score (nSPS) is 14.6. The molecular formula is C25H22F6N4O3. The predicted molar refractivity (Wildman–Crippen MR) is 124 cm³/mol. The fraction of sp³-hybridized carbons (Fsp3) is 0.320. The van der Waals surface area contributed by atoms with Crippen LogP contribution in [0, 0.1) is 0 Å².